The number of pyridine rings is 1. The number of aryl methyl sites for hydroxylation is 1. The van der Waals surface area contributed by atoms with Crippen molar-refractivity contribution in [3.8, 4) is 17.0 Å². The van der Waals surface area contributed by atoms with Gasteiger partial charge in [-0.15, -0.1) is 0 Å². The summed E-state index contributed by atoms with van der Waals surface area (Å²) >= 11 is 12.6. The van der Waals surface area contributed by atoms with Gasteiger partial charge in [0.15, 0.2) is 0 Å². The van der Waals surface area contributed by atoms with Crippen molar-refractivity contribution in [2.45, 2.75) is 59.8 Å². The van der Waals surface area contributed by atoms with Crippen molar-refractivity contribution in [1.82, 2.24) is 14.5 Å². The quantitative estimate of drug-likeness (QED) is 0.531. The van der Waals surface area contributed by atoms with Gasteiger partial charge in [-0.2, -0.15) is 0 Å². The number of aromatic hydroxyl groups is 1. The fourth-order valence-electron chi connectivity index (χ4n) is 4.20. The molecule has 0 spiro atoms. The number of aromatic nitrogens is 2. The molecule has 3 N–H and O–H groups in total. The van der Waals surface area contributed by atoms with Gasteiger partial charge in [0.2, 0.25) is 11.8 Å². The van der Waals surface area contributed by atoms with Gasteiger partial charge in [0, 0.05) is 51.7 Å². The molecule has 3 aromatic rings. The lowest BCUT2D eigenvalue weighted by Crippen LogP contribution is -2.43. The zero-order valence-corrected chi connectivity index (χ0v) is 19.9. The molecule has 3 rings (SSSR count). The molecule has 1 amide bonds. The van der Waals surface area contributed by atoms with E-state index >= 15 is 0 Å². The minimum atomic E-state index is -0.0811. The third-order valence-electron chi connectivity index (χ3n) is 5.42. The first-order valence-corrected chi connectivity index (χ1v) is 11.0. The van der Waals surface area contributed by atoms with Gasteiger partial charge in [0.1, 0.15) is 6.54 Å². The molecule has 0 aliphatic carbocycles. The normalized spacial score (nSPS) is 11.7. The highest BCUT2D eigenvalue weighted by atomic mass is 35.5. The van der Waals surface area contributed by atoms with Crippen LogP contribution in [0.15, 0.2) is 24.4 Å². The number of hydrogen-bond acceptors (Lipinski definition) is 4. The molecule has 0 aliphatic heterocycles. The van der Waals surface area contributed by atoms with Crippen molar-refractivity contribution in [3.63, 3.8) is 0 Å². The fraction of sp³-hybridized carbons (Fsp3) is 0.391. The maximum Gasteiger partial charge on any atom is 0.243 e. The van der Waals surface area contributed by atoms with E-state index in [4.69, 9.17) is 28.9 Å². The lowest BCUT2D eigenvalue weighted by Gasteiger charge is -2.31. The lowest BCUT2D eigenvalue weighted by molar-refractivity contribution is -0.135. The number of hydrogen-bond donors (Lipinski definition) is 2. The van der Waals surface area contributed by atoms with Gasteiger partial charge in [-0.25, -0.2) is 0 Å². The zero-order chi connectivity index (χ0) is 23.0. The highest BCUT2D eigenvalue weighted by Crippen LogP contribution is 2.42. The number of fused-ring (bicyclic) bond motifs is 1. The third-order valence-corrected chi connectivity index (χ3v) is 5.97. The summed E-state index contributed by atoms with van der Waals surface area (Å²) in [7, 11) is 0. The second-order valence-electron chi connectivity index (χ2n) is 8.21. The van der Waals surface area contributed by atoms with E-state index in [1.54, 1.807) is 29.3 Å². The summed E-state index contributed by atoms with van der Waals surface area (Å²) in [5.41, 5.74) is 9.55. The Labute approximate surface area is 192 Å². The van der Waals surface area contributed by atoms with Crippen LogP contribution in [0.1, 0.15) is 39.0 Å². The highest BCUT2D eigenvalue weighted by molar-refractivity contribution is 6.36. The second kappa shape index (κ2) is 9.07. The molecule has 8 heteroatoms. The van der Waals surface area contributed by atoms with Crippen LogP contribution < -0.4 is 5.73 Å². The zero-order valence-electron chi connectivity index (χ0n) is 18.4. The maximum absolute atomic E-state index is 13.0. The number of amides is 1. The predicted molar refractivity (Wildman–Crippen MR) is 127 cm³/mol. The molecule has 0 atom stereocenters. The first-order valence-electron chi connectivity index (χ1n) is 10.2. The van der Waals surface area contributed by atoms with E-state index in [1.807, 2.05) is 34.6 Å². The topological polar surface area (TPSA) is 84.4 Å². The van der Waals surface area contributed by atoms with Crippen LogP contribution in [0.2, 0.25) is 10.0 Å². The summed E-state index contributed by atoms with van der Waals surface area (Å²) in [6.07, 6.45) is 1.70. The van der Waals surface area contributed by atoms with Crippen molar-refractivity contribution in [1.29, 1.82) is 0 Å². The summed E-state index contributed by atoms with van der Waals surface area (Å²) in [5, 5.41) is 12.6. The Hall–Kier alpha value is -2.28. The molecule has 0 radical (unpaired) electrons. The summed E-state index contributed by atoms with van der Waals surface area (Å²) in [6.45, 7) is 10.00. The summed E-state index contributed by atoms with van der Waals surface area (Å²) in [5.74, 6) is -0.124. The second-order valence-corrected chi connectivity index (χ2v) is 9.05. The third kappa shape index (κ3) is 4.38. The molecule has 0 aliphatic rings. The van der Waals surface area contributed by atoms with Crippen LogP contribution in [-0.4, -0.2) is 37.5 Å². The lowest BCUT2D eigenvalue weighted by atomic mass is 9.95. The molecular formula is C23H28Cl2N4O2. The Morgan fingerprint density at radius 1 is 1.23 bits per heavy atom. The Balaban J connectivity index is 2.21. The van der Waals surface area contributed by atoms with Crippen LogP contribution in [0.3, 0.4) is 0 Å². The molecule has 6 nitrogen and oxygen atoms in total. The van der Waals surface area contributed by atoms with Gasteiger partial charge in [-0.1, -0.05) is 29.3 Å². The van der Waals surface area contributed by atoms with Crippen molar-refractivity contribution in [3.05, 3.63) is 45.7 Å². The van der Waals surface area contributed by atoms with Crippen LogP contribution in [0.4, 0.5) is 0 Å². The van der Waals surface area contributed by atoms with E-state index in [-0.39, 0.29) is 37.0 Å². The van der Waals surface area contributed by atoms with Gasteiger partial charge in [0.25, 0.3) is 0 Å². The number of rotatable bonds is 6. The maximum atomic E-state index is 13.0. The molecule has 31 heavy (non-hydrogen) atoms. The molecule has 2 aromatic heterocycles. The summed E-state index contributed by atoms with van der Waals surface area (Å²) < 4.78 is 1.53. The van der Waals surface area contributed by atoms with Crippen molar-refractivity contribution >= 4 is 40.0 Å². The molecule has 2 heterocycles. The Bertz CT molecular complexity index is 1130. The molecule has 1 aromatic carbocycles. The van der Waals surface area contributed by atoms with E-state index in [2.05, 4.69) is 4.98 Å². The van der Waals surface area contributed by atoms with Gasteiger partial charge in [-0.3, -0.25) is 9.78 Å². The first-order chi connectivity index (χ1) is 14.6. The van der Waals surface area contributed by atoms with Gasteiger partial charge in [0.05, 0.1) is 10.9 Å². The largest absolute Gasteiger partial charge is 0.494 e. The van der Waals surface area contributed by atoms with Gasteiger partial charge in [-0.05, 0) is 52.3 Å². The van der Waals surface area contributed by atoms with Gasteiger partial charge >= 0.3 is 0 Å². The van der Waals surface area contributed by atoms with E-state index < -0.39 is 0 Å². The minimum absolute atomic E-state index is 0.00332. The Morgan fingerprint density at radius 3 is 2.42 bits per heavy atom. The fourth-order valence-corrected chi connectivity index (χ4v) is 4.70. The smallest absolute Gasteiger partial charge is 0.243 e. The minimum Gasteiger partial charge on any atom is -0.494 e. The number of nitrogens with two attached hydrogens (primary N) is 1. The van der Waals surface area contributed by atoms with Crippen molar-refractivity contribution in [2.24, 2.45) is 5.73 Å². The van der Waals surface area contributed by atoms with Crippen LogP contribution in [0, 0.1) is 6.92 Å². The average molecular weight is 463 g/mol. The summed E-state index contributed by atoms with van der Waals surface area (Å²) in [6, 6.07) is 5.30. The molecule has 0 saturated carbocycles. The van der Waals surface area contributed by atoms with Crippen molar-refractivity contribution in [2.75, 3.05) is 0 Å². The van der Waals surface area contributed by atoms with E-state index in [0.717, 1.165) is 11.3 Å². The van der Waals surface area contributed by atoms with Crippen LogP contribution in [-0.2, 0) is 17.9 Å². The molecular weight excluding hydrogens is 435 g/mol. The first kappa shape index (κ1) is 23.4. The van der Waals surface area contributed by atoms with Crippen LogP contribution >= 0.6 is 23.2 Å². The molecule has 0 bridgehead atoms. The van der Waals surface area contributed by atoms with Crippen LogP contribution in [0.25, 0.3) is 22.0 Å². The number of carbonyl (C=O) groups is 1. The van der Waals surface area contributed by atoms with Crippen molar-refractivity contribution < 1.29 is 9.90 Å². The molecule has 0 saturated heterocycles. The SMILES string of the molecule is Cc1nc2cn(CC(=O)N(C(C)C)C(C)C)c(O)c2c(-c2ccc(Cl)cc2Cl)c1CN. The molecule has 166 valence electrons. The average Bonchev–Trinajstić information content (AvgIpc) is 2.95. The number of halogens is 2. The number of benzene rings is 1. The van der Waals surface area contributed by atoms with E-state index in [9.17, 15) is 9.90 Å². The van der Waals surface area contributed by atoms with Crippen LogP contribution in [0.5, 0.6) is 5.88 Å². The number of carbonyl (C=O) groups excluding carboxylic acids is 1. The molecule has 0 fully saturated rings. The monoisotopic (exact) mass is 462 g/mol. The Morgan fingerprint density at radius 2 is 1.87 bits per heavy atom. The van der Waals surface area contributed by atoms with E-state index in [0.29, 0.717) is 32.1 Å². The predicted octanol–water partition coefficient (Wildman–Crippen LogP) is 5.13. The van der Waals surface area contributed by atoms with Gasteiger partial charge < -0.3 is 20.3 Å². The standard InChI is InChI=1S/C23H28Cl2N4O2/c1-12(2)29(13(3)4)20(30)11-28-10-19-22(23(28)31)21(17(9-26)14(5)27-19)16-7-6-15(24)8-18(16)25/h6-8,10,12-13,31H,9,11,26H2,1-5H3. The molecule has 0 unspecified atom stereocenters. The number of nitrogens with zero attached hydrogens (tertiary/aromatic N) is 3. The summed E-state index contributed by atoms with van der Waals surface area (Å²) in [4.78, 5) is 19.4. The Kier molecular flexibility index (Phi) is 6.84. The van der Waals surface area contributed by atoms with E-state index in [1.165, 1.54) is 4.57 Å². The highest BCUT2D eigenvalue weighted by Gasteiger charge is 2.25.